The van der Waals surface area contributed by atoms with Crippen molar-refractivity contribution in [3.05, 3.63) is 41.5 Å². The first-order valence-corrected chi connectivity index (χ1v) is 9.42. The number of carboxylic acid groups (broad SMARTS) is 1. The quantitative estimate of drug-likeness (QED) is 0.532. The molecule has 2 rings (SSSR count). The first-order valence-electron chi connectivity index (χ1n) is 9.42. The minimum atomic E-state index is -0.897. The molecule has 1 saturated carbocycles. The Labute approximate surface area is 155 Å². The lowest BCUT2D eigenvalue weighted by Crippen LogP contribution is -2.19. The molecule has 0 aliphatic heterocycles. The van der Waals surface area contributed by atoms with Crippen molar-refractivity contribution in [2.24, 2.45) is 11.8 Å². The van der Waals surface area contributed by atoms with Crippen LogP contribution in [0.3, 0.4) is 0 Å². The Morgan fingerprint density at radius 1 is 1.35 bits per heavy atom. The molecule has 1 fully saturated rings. The Bertz CT molecular complexity index is 639. The monoisotopic (exact) mass is 362 g/mol. The van der Waals surface area contributed by atoms with Gasteiger partial charge >= 0.3 is 5.97 Å². The van der Waals surface area contributed by atoms with Crippen LogP contribution in [0.5, 0.6) is 5.75 Å². The number of carbonyl (C=O) groups is 1. The van der Waals surface area contributed by atoms with E-state index in [2.05, 4.69) is 0 Å². The summed E-state index contributed by atoms with van der Waals surface area (Å²) in [5, 5.41) is 40.0. The Hall–Kier alpha value is -1.85. The highest BCUT2D eigenvalue weighted by Crippen LogP contribution is 2.44. The second-order valence-electron chi connectivity index (χ2n) is 7.34. The molecule has 0 amide bonds. The molecular formula is C21H30O5. The van der Waals surface area contributed by atoms with Crippen LogP contribution in [0, 0.1) is 11.8 Å². The second-order valence-corrected chi connectivity index (χ2v) is 7.34. The lowest BCUT2D eigenvalue weighted by atomic mass is 9.85. The molecule has 144 valence electrons. The largest absolute Gasteiger partial charge is 0.507 e. The summed E-state index contributed by atoms with van der Waals surface area (Å²) in [5.41, 5.74) is 1.37. The molecule has 1 aliphatic rings. The van der Waals surface area contributed by atoms with Crippen molar-refractivity contribution in [2.45, 2.75) is 64.1 Å². The molecule has 1 aliphatic carbocycles. The molecule has 0 radical (unpaired) electrons. The Morgan fingerprint density at radius 2 is 2.08 bits per heavy atom. The van der Waals surface area contributed by atoms with Crippen LogP contribution in [0.2, 0.25) is 0 Å². The van der Waals surface area contributed by atoms with Gasteiger partial charge < -0.3 is 20.4 Å². The van der Waals surface area contributed by atoms with Crippen LogP contribution >= 0.6 is 0 Å². The van der Waals surface area contributed by atoms with Crippen LogP contribution < -0.4 is 0 Å². The maximum absolute atomic E-state index is 10.8. The van der Waals surface area contributed by atoms with Gasteiger partial charge in [-0.25, -0.2) is 0 Å². The van der Waals surface area contributed by atoms with Gasteiger partial charge in [0.15, 0.2) is 0 Å². The average molecular weight is 362 g/mol. The topological polar surface area (TPSA) is 98.0 Å². The molecule has 26 heavy (non-hydrogen) atoms. The third-order valence-corrected chi connectivity index (χ3v) is 5.60. The SMILES string of the molecule is CC[C@H](C)[C@@H](O)/C=C/[C@H]1[C@H](O)CC[C@@H]1c1cccc(CCC(=O)O)c1O. The van der Waals surface area contributed by atoms with Gasteiger partial charge in [0, 0.05) is 12.3 Å². The third-order valence-electron chi connectivity index (χ3n) is 5.60. The van der Waals surface area contributed by atoms with Crippen molar-refractivity contribution in [2.75, 3.05) is 0 Å². The number of aliphatic carboxylic acids is 1. The van der Waals surface area contributed by atoms with Crippen LogP contribution in [-0.4, -0.2) is 38.6 Å². The number of phenolic OH excluding ortho intramolecular Hbond substituents is 1. The van der Waals surface area contributed by atoms with Gasteiger partial charge in [0.05, 0.1) is 12.2 Å². The number of hydrogen-bond donors (Lipinski definition) is 4. The zero-order valence-electron chi connectivity index (χ0n) is 15.5. The first-order chi connectivity index (χ1) is 12.3. The summed E-state index contributed by atoms with van der Waals surface area (Å²) in [6, 6.07) is 5.41. The number of aliphatic hydroxyl groups excluding tert-OH is 2. The van der Waals surface area contributed by atoms with Crippen LogP contribution in [-0.2, 0) is 11.2 Å². The van der Waals surface area contributed by atoms with E-state index in [1.165, 1.54) is 0 Å². The molecule has 1 aromatic rings. The Kier molecular flexibility index (Phi) is 7.23. The number of benzene rings is 1. The van der Waals surface area contributed by atoms with E-state index in [0.29, 0.717) is 12.0 Å². The van der Waals surface area contributed by atoms with Crippen molar-refractivity contribution < 1.29 is 25.2 Å². The van der Waals surface area contributed by atoms with Gasteiger partial charge in [0.1, 0.15) is 5.75 Å². The first kappa shape index (κ1) is 20.5. The summed E-state index contributed by atoms with van der Waals surface area (Å²) in [5.74, 6) is -0.833. The second kappa shape index (κ2) is 9.19. The van der Waals surface area contributed by atoms with Crippen molar-refractivity contribution in [1.82, 2.24) is 0 Å². The van der Waals surface area contributed by atoms with E-state index in [9.17, 15) is 20.1 Å². The Morgan fingerprint density at radius 3 is 2.73 bits per heavy atom. The third kappa shape index (κ3) is 4.86. The molecule has 0 heterocycles. The molecule has 5 heteroatoms. The van der Waals surface area contributed by atoms with Crippen molar-refractivity contribution >= 4 is 5.97 Å². The van der Waals surface area contributed by atoms with E-state index in [-0.39, 0.29) is 36.3 Å². The van der Waals surface area contributed by atoms with Crippen molar-refractivity contribution in [3.63, 3.8) is 0 Å². The number of aliphatic hydroxyl groups is 2. The molecule has 0 unspecified atom stereocenters. The van der Waals surface area contributed by atoms with E-state index < -0.39 is 18.2 Å². The fourth-order valence-electron chi connectivity index (χ4n) is 3.66. The predicted molar refractivity (Wildman–Crippen MR) is 100 cm³/mol. The van der Waals surface area contributed by atoms with E-state index in [1.807, 2.05) is 32.1 Å². The van der Waals surface area contributed by atoms with Gasteiger partial charge in [-0.3, -0.25) is 4.79 Å². The van der Waals surface area contributed by atoms with Crippen molar-refractivity contribution in [1.29, 1.82) is 0 Å². The lowest BCUT2D eigenvalue weighted by molar-refractivity contribution is -0.136. The molecular weight excluding hydrogens is 332 g/mol. The highest BCUT2D eigenvalue weighted by atomic mass is 16.4. The Balaban J connectivity index is 2.22. The molecule has 0 bridgehead atoms. The summed E-state index contributed by atoms with van der Waals surface area (Å²) in [6.45, 7) is 4.00. The molecule has 0 aromatic heterocycles. The van der Waals surface area contributed by atoms with Gasteiger partial charge in [-0.05, 0) is 42.2 Å². The van der Waals surface area contributed by atoms with Crippen molar-refractivity contribution in [3.8, 4) is 5.75 Å². The number of rotatable bonds is 8. The number of hydrogen-bond acceptors (Lipinski definition) is 4. The number of aromatic hydroxyl groups is 1. The molecule has 1 aromatic carbocycles. The summed E-state index contributed by atoms with van der Waals surface area (Å²) in [6.07, 6.45) is 5.06. The van der Waals surface area contributed by atoms with E-state index in [1.54, 1.807) is 12.1 Å². The van der Waals surface area contributed by atoms with Crippen LogP contribution in [0.15, 0.2) is 30.4 Å². The number of aryl methyl sites for hydroxylation is 1. The molecule has 5 nitrogen and oxygen atoms in total. The molecule has 0 spiro atoms. The highest BCUT2D eigenvalue weighted by Gasteiger charge is 2.36. The molecule has 5 atom stereocenters. The number of phenols is 1. The smallest absolute Gasteiger partial charge is 0.303 e. The van der Waals surface area contributed by atoms with Gasteiger partial charge in [-0.1, -0.05) is 50.6 Å². The minimum Gasteiger partial charge on any atom is -0.507 e. The van der Waals surface area contributed by atoms with Gasteiger partial charge in [0.25, 0.3) is 0 Å². The normalized spacial score (nSPS) is 25.5. The zero-order chi connectivity index (χ0) is 19.3. The number of para-hydroxylation sites is 1. The van der Waals surface area contributed by atoms with Gasteiger partial charge in [-0.2, -0.15) is 0 Å². The predicted octanol–water partition coefficient (Wildman–Crippen LogP) is 3.23. The standard InChI is InChI=1S/C21H30O5/c1-3-13(2)18(22)10-9-16-15(8-11-19(16)23)17-6-4-5-14(21(17)26)7-12-20(24)25/h4-6,9-10,13,15-16,18-19,22-23,26H,3,7-8,11-12H2,1-2H3,(H,24,25)/b10-9+/t13-,15-,16+,18-,19+/m0/s1. The molecule has 4 N–H and O–H groups in total. The van der Waals surface area contributed by atoms with Crippen LogP contribution in [0.4, 0.5) is 0 Å². The zero-order valence-corrected chi connectivity index (χ0v) is 15.5. The van der Waals surface area contributed by atoms with Crippen LogP contribution in [0.1, 0.15) is 56.6 Å². The fraction of sp³-hybridized carbons (Fsp3) is 0.571. The van der Waals surface area contributed by atoms with E-state index in [4.69, 9.17) is 5.11 Å². The average Bonchev–Trinajstić information content (AvgIpc) is 2.98. The summed E-state index contributed by atoms with van der Waals surface area (Å²) in [7, 11) is 0. The number of carboxylic acids is 1. The summed E-state index contributed by atoms with van der Waals surface area (Å²) in [4.78, 5) is 10.8. The van der Waals surface area contributed by atoms with E-state index in [0.717, 1.165) is 18.4 Å². The van der Waals surface area contributed by atoms with E-state index >= 15 is 0 Å². The lowest BCUT2D eigenvalue weighted by Gasteiger charge is -2.22. The van der Waals surface area contributed by atoms with Gasteiger partial charge in [-0.15, -0.1) is 0 Å². The minimum absolute atomic E-state index is 0.0330. The maximum Gasteiger partial charge on any atom is 0.303 e. The highest BCUT2D eigenvalue weighted by molar-refractivity contribution is 5.67. The van der Waals surface area contributed by atoms with Crippen LogP contribution in [0.25, 0.3) is 0 Å². The molecule has 0 saturated heterocycles. The fourth-order valence-corrected chi connectivity index (χ4v) is 3.66. The van der Waals surface area contributed by atoms with Gasteiger partial charge in [0.2, 0.25) is 0 Å². The summed E-state index contributed by atoms with van der Waals surface area (Å²) >= 11 is 0. The maximum atomic E-state index is 10.8. The summed E-state index contributed by atoms with van der Waals surface area (Å²) < 4.78 is 0.